The molecule has 1 fully saturated rings. The highest BCUT2D eigenvalue weighted by molar-refractivity contribution is 6.34. The summed E-state index contributed by atoms with van der Waals surface area (Å²) in [4.78, 5) is 27.8. The number of carbonyl (C=O) groups is 2. The van der Waals surface area contributed by atoms with E-state index in [1.54, 1.807) is 18.3 Å². The molecule has 1 aromatic carbocycles. The Morgan fingerprint density at radius 1 is 1.30 bits per heavy atom. The summed E-state index contributed by atoms with van der Waals surface area (Å²) < 4.78 is 1.95. The third kappa shape index (κ3) is 3.45. The lowest BCUT2D eigenvalue weighted by atomic mass is 10.2. The van der Waals surface area contributed by atoms with Crippen molar-refractivity contribution in [3.8, 4) is 0 Å². The molecule has 1 aromatic heterocycles. The van der Waals surface area contributed by atoms with Crippen molar-refractivity contribution in [2.24, 2.45) is 0 Å². The Morgan fingerprint density at radius 3 is 2.74 bits per heavy atom. The molecule has 8 heteroatoms. The standard InChI is InChI=1S/C15H16ClN5O2/c1-17-15(23)19-9-2-5-11(12(16)8-9)13(22)20-14-18-6-7-21(14)10-3-4-10/h2,5-8,10H,3-4H2,1H3,(H2,17,19,23)(H,18,20,22). The number of nitrogens with zero attached hydrogens (tertiary/aromatic N) is 2. The smallest absolute Gasteiger partial charge is 0.318 e. The first-order chi connectivity index (χ1) is 11.1. The van der Waals surface area contributed by atoms with Crippen LogP contribution in [0.4, 0.5) is 16.4 Å². The second kappa shape index (κ2) is 6.29. The minimum Gasteiger partial charge on any atom is -0.341 e. The van der Waals surface area contributed by atoms with Crippen molar-refractivity contribution in [2.45, 2.75) is 18.9 Å². The highest BCUT2D eigenvalue weighted by Gasteiger charge is 2.26. The Morgan fingerprint density at radius 2 is 2.09 bits per heavy atom. The van der Waals surface area contributed by atoms with Crippen molar-refractivity contribution in [3.63, 3.8) is 0 Å². The van der Waals surface area contributed by atoms with E-state index >= 15 is 0 Å². The van der Waals surface area contributed by atoms with E-state index in [0.717, 1.165) is 12.8 Å². The summed E-state index contributed by atoms with van der Waals surface area (Å²) >= 11 is 6.15. The molecule has 0 spiro atoms. The molecule has 23 heavy (non-hydrogen) atoms. The van der Waals surface area contributed by atoms with Crippen LogP contribution >= 0.6 is 11.6 Å². The second-order valence-electron chi connectivity index (χ2n) is 5.24. The average Bonchev–Trinajstić information content (AvgIpc) is 3.27. The zero-order valence-corrected chi connectivity index (χ0v) is 13.2. The maximum absolute atomic E-state index is 12.4. The lowest BCUT2D eigenvalue weighted by molar-refractivity contribution is 0.102. The predicted octanol–water partition coefficient (Wildman–Crippen LogP) is 2.88. The Kier molecular flexibility index (Phi) is 4.20. The van der Waals surface area contributed by atoms with Crippen molar-refractivity contribution in [3.05, 3.63) is 41.2 Å². The van der Waals surface area contributed by atoms with E-state index in [4.69, 9.17) is 11.6 Å². The van der Waals surface area contributed by atoms with Crippen LogP contribution in [0.2, 0.25) is 5.02 Å². The first-order valence-corrected chi connectivity index (χ1v) is 7.58. The number of benzene rings is 1. The molecule has 7 nitrogen and oxygen atoms in total. The van der Waals surface area contributed by atoms with Crippen LogP contribution in [0.25, 0.3) is 0 Å². The lowest BCUT2D eigenvalue weighted by Crippen LogP contribution is -2.24. The van der Waals surface area contributed by atoms with Crippen LogP contribution in [0.5, 0.6) is 0 Å². The number of carbonyl (C=O) groups excluding carboxylic acids is 2. The molecule has 3 rings (SSSR count). The van der Waals surface area contributed by atoms with E-state index in [2.05, 4.69) is 20.9 Å². The molecule has 3 amide bonds. The van der Waals surface area contributed by atoms with Crippen LogP contribution in [0.3, 0.4) is 0 Å². The first-order valence-electron chi connectivity index (χ1n) is 7.21. The van der Waals surface area contributed by atoms with Gasteiger partial charge in [0.05, 0.1) is 10.6 Å². The number of hydrogen-bond donors (Lipinski definition) is 3. The zero-order chi connectivity index (χ0) is 16.4. The third-order valence-corrected chi connectivity index (χ3v) is 3.85. The topological polar surface area (TPSA) is 88.1 Å². The van der Waals surface area contributed by atoms with Crippen LogP contribution < -0.4 is 16.0 Å². The molecule has 0 atom stereocenters. The molecular weight excluding hydrogens is 318 g/mol. The Bertz CT molecular complexity index is 754. The van der Waals surface area contributed by atoms with E-state index in [9.17, 15) is 9.59 Å². The summed E-state index contributed by atoms with van der Waals surface area (Å²) in [5.74, 6) is 0.177. The molecule has 1 aliphatic carbocycles. The van der Waals surface area contributed by atoms with Gasteiger partial charge in [0.25, 0.3) is 5.91 Å². The van der Waals surface area contributed by atoms with Crippen molar-refractivity contribution < 1.29 is 9.59 Å². The largest absolute Gasteiger partial charge is 0.341 e. The Labute approximate surface area is 138 Å². The number of hydrogen-bond acceptors (Lipinski definition) is 3. The van der Waals surface area contributed by atoms with Gasteiger partial charge in [-0.2, -0.15) is 0 Å². The van der Waals surface area contributed by atoms with Gasteiger partial charge in [-0.25, -0.2) is 9.78 Å². The highest BCUT2D eigenvalue weighted by atomic mass is 35.5. The summed E-state index contributed by atoms with van der Waals surface area (Å²) in [6, 6.07) is 4.77. The number of imidazole rings is 1. The maximum Gasteiger partial charge on any atom is 0.318 e. The third-order valence-electron chi connectivity index (χ3n) is 3.53. The fourth-order valence-electron chi connectivity index (χ4n) is 2.20. The van der Waals surface area contributed by atoms with Gasteiger partial charge in [0.2, 0.25) is 5.95 Å². The molecule has 1 saturated carbocycles. The number of rotatable bonds is 4. The number of nitrogens with one attached hydrogen (secondary N) is 3. The fraction of sp³-hybridized carbons (Fsp3) is 0.267. The van der Waals surface area contributed by atoms with E-state index in [-0.39, 0.29) is 17.0 Å². The van der Waals surface area contributed by atoms with Crippen LogP contribution in [-0.4, -0.2) is 28.5 Å². The number of amides is 3. The van der Waals surface area contributed by atoms with Gasteiger partial charge >= 0.3 is 6.03 Å². The van der Waals surface area contributed by atoms with Gasteiger partial charge in [0.15, 0.2) is 0 Å². The quantitative estimate of drug-likeness (QED) is 0.803. The van der Waals surface area contributed by atoms with Gasteiger partial charge in [0.1, 0.15) is 0 Å². The van der Waals surface area contributed by atoms with E-state index in [1.165, 1.54) is 13.1 Å². The number of anilines is 2. The monoisotopic (exact) mass is 333 g/mol. The van der Waals surface area contributed by atoms with Crippen molar-refractivity contribution in [2.75, 3.05) is 17.7 Å². The van der Waals surface area contributed by atoms with Crippen LogP contribution in [0.15, 0.2) is 30.6 Å². The van der Waals surface area contributed by atoms with Crippen molar-refractivity contribution >= 4 is 35.2 Å². The Hall–Kier alpha value is -2.54. The van der Waals surface area contributed by atoms with Gasteiger partial charge in [0, 0.05) is 31.2 Å². The van der Waals surface area contributed by atoms with Gasteiger partial charge < -0.3 is 15.2 Å². The summed E-state index contributed by atoms with van der Waals surface area (Å²) in [6.45, 7) is 0. The van der Waals surface area contributed by atoms with Crippen molar-refractivity contribution in [1.82, 2.24) is 14.9 Å². The molecule has 1 heterocycles. The van der Waals surface area contributed by atoms with E-state index in [1.807, 2.05) is 10.8 Å². The van der Waals surface area contributed by atoms with Gasteiger partial charge in [-0.1, -0.05) is 11.6 Å². The lowest BCUT2D eigenvalue weighted by Gasteiger charge is -2.10. The molecule has 3 N–H and O–H groups in total. The first kappa shape index (κ1) is 15.4. The normalized spacial score (nSPS) is 13.5. The molecule has 0 bridgehead atoms. The molecule has 0 aliphatic heterocycles. The minimum atomic E-state index is -0.357. The van der Waals surface area contributed by atoms with Crippen molar-refractivity contribution in [1.29, 1.82) is 0 Å². The molecular formula is C15H16ClN5O2. The average molecular weight is 334 g/mol. The molecule has 120 valence electrons. The van der Waals surface area contributed by atoms with Crippen LogP contribution in [0.1, 0.15) is 29.2 Å². The van der Waals surface area contributed by atoms with Gasteiger partial charge in [-0.05, 0) is 31.0 Å². The van der Waals surface area contributed by atoms with Gasteiger partial charge in [-0.3, -0.25) is 10.1 Å². The molecule has 0 saturated heterocycles. The second-order valence-corrected chi connectivity index (χ2v) is 5.65. The van der Waals surface area contributed by atoms with E-state index in [0.29, 0.717) is 23.2 Å². The Balaban J connectivity index is 1.74. The number of halogens is 1. The van der Waals surface area contributed by atoms with Crippen LogP contribution in [-0.2, 0) is 0 Å². The summed E-state index contributed by atoms with van der Waals surface area (Å²) in [5.41, 5.74) is 0.824. The van der Waals surface area contributed by atoms with E-state index < -0.39 is 0 Å². The molecule has 2 aromatic rings. The van der Waals surface area contributed by atoms with Gasteiger partial charge in [-0.15, -0.1) is 0 Å². The molecule has 1 aliphatic rings. The number of urea groups is 1. The summed E-state index contributed by atoms with van der Waals surface area (Å²) in [7, 11) is 1.51. The number of aromatic nitrogens is 2. The van der Waals surface area contributed by atoms with Crippen LogP contribution in [0, 0.1) is 0 Å². The predicted molar refractivity (Wildman–Crippen MR) is 88.0 cm³/mol. The molecule has 0 radical (unpaired) electrons. The zero-order valence-electron chi connectivity index (χ0n) is 12.5. The maximum atomic E-state index is 12.4. The summed E-state index contributed by atoms with van der Waals surface area (Å²) in [6.07, 6.45) is 5.71. The minimum absolute atomic E-state index is 0.251. The summed E-state index contributed by atoms with van der Waals surface area (Å²) in [5, 5.41) is 8.05. The fourth-order valence-corrected chi connectivity index (χ4v) is 2.46. The highest BCUT2D eigenvalue weighted by Crippen LogP contribution is 2.36. The molecule has 0 unspecified atom stereocenters. The SMILES string of the molecule is CNC(=O)Nc1ccc(C(=O)Nc2nccn2C2CC2)c(Cl)c1.